The van der Waals surface area contributed by atoms with Crippen LogP contribution in [0.4, 0.5) is 0 Å². The first-order valence-corrected chi connectivity index (χ1v) is 10.8. The van der Waals surface area contributed by atoms with Crippen molar-refractivity contribution in [1.29, 1.82) is 0 Å². The number of Topliss-reactive ketones (excluding diaryl/α,β-unsaturated/α-hetero) is 1. The smallest absolute Gasteiger partial charge is 0.160 e. The summed E-state index contributed by atoms with van der Waals surface area (Å²) in [4.78, 5) is 12.7. The number of aryl methyl sites for hydroxylation is 1. The van der Waals surface area contributed by atoms with Crippen LogP contribution >= 0.6 is 0 Å². The summed E-state index contributed by atoms with van der Waals surface area (Å²) in [5, 5.41) is 39.2. The summed E-state index contributed by atoms with van der Waals surface area (Å²) in [6.07, 6.45) is 2.29. The zero-order chi connectivity index (χ0) is 23.0. The number of ether oxygens (including phenoxy) is 1. The Kier molecular flexibility index (Phi) is 9.19. The maximum Gasteiger partial charge on any atom is 0.160 e. The van der Waals surface area contributed by atoms with E-state index in [1.54, 1.807) is 18.2 Å². The van der Waals surface area contributed by atoms with Crippen molar-refractivity contribution in [3.05, 3.63) is 47.5 Å². The van der Waals surface area contributed by atoms with Gasteiger partial charge in [-0.15, -0.1) is 0 Å². The van der Waals surface area contributed by atoms with E-state index in [2.05, 4.69) is 13.8 Å². The van der Waals surface area contributed by atoms with Crippen molar-refractivity contribution in [3.63, 3.8) is 0 Å². The minimum absolute atomic E-state index is 0.00866. The fourth-order valence-corrected chi connectivity index (χ4v) is 3.65. The highest BCUT2D eigenvalue weighted by Crippen LogP contribution is 2.34. The Labute approximate surface area is 184 Å². The molecule has 0 saturated heterocycles. The number of carbonyl (C=O) groups excluding carboxylic acids is 1. The molecule has 170 valence electrons. The molecule has 6 heteroatoms. The zero-order valence-electron chi connectivity index (χ0n) is 18.5. The third-order valence-corrected chi connectivity index (χ3v) is 5.51. The zero-order valence-corrected chi connectivity index (χ0v) is 18.5. The van der Waals surface area contributed by atoms with Gasteiger partial charge in [-0.25, -0.2) is 0 Å². The van der Waals surface area contributed by atoms with Crippen molar-refractivity contribution in [2.75, 3.05) is 7.11 Å². The maximum absolute atomic E-state index is 12.7. The van der Waals surface area contributed by atoms with Gasteiger partial charge in [0.1, 0.15) is 5.78 Å². The molecule has 0 unspecified atom stereocenters. The molecule has 0 fully saturated rings. The Morgan fingerprint density at radius 3 is 2.26 bits per heavy atom. The summed E-state index contributed by atoms with van der Waals surface area (Å²) in [6.45, 7) is 4.28. The molecule has 0 saturated carbocycles. The van der Waals surface area contributed by atoms with Crippen molar-refractivity contribution >= 4 is 5.78 Å². The van der Waals surface area contributed by atoms with Crippen LogP contribution in [0.3, 0.4) is 0 Å². The topological polar surface area (TPSA) is 107 Å². The van der Waals surface area contributed by atoms with Gasteiger partial charge in [-0.05, 0) is 66.5 Å². The third-order valence-electron chi connectivity index (χ3n) is 5.51. The Hall–Kier alpha value is -2.73. The van der Waals surface area contributed by atoms with E-state index in [9.17, 15) is 25.2 Å². The number of phenols is 3. The van der Waals surface area contributed by atoms with Gasteiger partial charge >= 0.3 is 0 Å². The van der Waals surface area contributed by atoms with Crippen molar-refractivity contribution in [2.24, 2.45) is 5.92 Å². The monoisotopic (exact) mass is 430 g/mol. The van der Waals surface area contributed by atoms with Gasteiger partial charge in [0.25, 0.3) is 0 Å². The molecule has 0 heterocycles. The number of benzene rings is 2. The number of phenolic OH excluding ortho intramolecular Hbond substituents is 3. The average Bonchev–Trinajstić information content (AvgIpc) is 2.72. The second-order valence-electron chi connectivity index (χ2n) is 8.56. The number of ketones is 1. The maximum atomic E-state index is 12.7. The summed E-state index contributed by atoms with van der Waals surface area (Å²) >= 11 is 0. The molecule has 0 aliphatic heterocycles. The summed E-state index contributed by atoms with van der Waals surface area (Å²) in [6, 6.07) is 9.75. The highest BCUT2D eigenvalue weighted by atomic mass is 16.5. The van der Waals surface area contributed by atoms with Crippen LogP contribution in [0.2, 0.25) is 0 Å². The van der Waals surface area contributed by atoms with E-state index in [-0.39, 0.29) is 35.4 Å². The number of aromatic hydroxyl groups is 3. The number of aliphatic hydroxyl groups excluding tert-OH is 1. The first kappa shape index (κ1) is 24.5. The van der Waals surface area contributed by atoms with Crippen LogP contribution in [0.5, 0.6) is 23.0 Å². The lowest BCUT2D eigenvalue weighted by Crippen LogP contribution is -2.17. The first-order chi connectivity index (χ1) is 14.7. The number of aliphatic hydroxyl groups is 1. The van der Waals surface area contributed by atoms with Gasteiger partial charge in [0.05, 0.1) is 13.2 Å². The first-order valence-electron chi connectivity index (χ1n) is 10.8. The van der Waals surface area contributed by atoms with Gasteiger partial charge < -0.3 is 25.2 Å². The van der Waals surface area contributed by atoms with Crippen LogP contribution in [0.1, 0.15) is 63.0 Å². The van der Waals surface area contributed by atoms with E-state index in [0.29, 0.717) is 30.9 Å². The lowest BCUT2D eigenvalue weighted by Gasteiger charge is -2.20. The van der Waals surface area contributed by atoms with Crippen LogP contribution in [0.25, 0.3) is 0 Å². The SMILES string of the molecule is COc1cc([C@H](CCC(C)C)CC(=O)C[C@H](O)CCc2ccc(O)c(O)c2)ccc1O. The fourth-order valence-electron chi connectivity index (χ4n) is 3.65. The van der Waals surface area contributed by atoms with Crippen molar-refractivity contribution in [3.8, 4) is 23.0 Å². The molecule has 0 aliphatic carbocycles. The molecule has 31 heavy (non-hydrogen) atoms. The van der Waals surface area contributed by atoms with Gasteiger partial charge in [0.2, 0.25) is 0 Å². The van der Waals surface area contributed by atoms with Crippen molar-refractivity contribution in [1.82, 2.24) is 0 Å². The van der Waals surface area contributed by atoms with Gasteiger partial charge in [0, 0.05) is 12.8 Å². The van der Waals surface area contributed by atoms with Crippen LogP contribution in [0, 0.1) is 5.92 Å². The molecule has 0 aromatic heterocycles. The second kappa shape index (κ2) is 11.6. The lowest BCUT2D eigenvalue weighted by atomic mass is 9.86. The van der Waals surface area contributed by atoms with Gasteiger partial charge in [-0.3, -0.25) is 4.79 Å². The fraction of sp³-hybridized carbons (Fsp3) is 0.480. The molecule has 2 aromatic rings. The Bertz CT molecular complexity index is 861. The molecular weight excluding hydrogens is 396 g/mol. The summed E-state index contributed by atoms with van der Waals surface area (Å²) in [7, 11) is 1.50. The number of carbonyl (C=O) groups is 1. The number of hydrogen-bond acceptors (Lipinski definition) is 6. The largest absolute Gasteiger partial charge is 0.504 e. The van der Waals surface area contributed by atoms with Crippen LogP contribution in [0.15, 0.2) is 36.4 Å². The van der Waals surface area contributed by atoms with Gasteiger partial charge in [-0.2, -0.15) is 0 Å². The second-order valence-corrected chi connectivity index (χ2v) is 8.56. The summed E-state index contributed by atoms with van der Waals surface area (Å²) in [5.74, 6) is 0.558. The molecule has 0 spiro atoms. The van der Waals surface area contributed by atoms with Gasteiger partial charge in [-0.1, -0.05) is 32.4 Å². The molecule has 2 rings (SSSR count). The van der Waals surface area contributed by atoms with E-state index in [1.807, 2.05) is 6.07 Å². The Balaban J connectivity index is 1.97. The number of hydrogen-bond donors (Lipinski definition) is 4. The quantitative estimate of drug-likeness (QED) is 0.364. The molecule has 2 aromatic carbocycles. The normalized spacial score (nSPS) is 13.2. The average molecular weight is 431 g/mol. The van der Waals surface area contributed by atoms with E-state index in [1.165, 1.54) is 19.2 Å². The minimum Gasteiger partial charge on any atom is -0.504 e. The van der Waals surface area contributed by atoms with Gasteiger partial charge in [0.15, 0.2) is 23.0 Å². The molecule has 4 N–H and O–H groups in total. The molecule has 2 atom stereocenters. The van der Waals surface area contributed by atoms with E-state index in [0.717, 1.165) is 24.0 Å². The molecule has 0 amide bonds. The lowest BCUT2D eigenvalue weighted by molar-refractivity contribution is -0.121. The highest BCUT2D eigenvalue weighted by Gasteiger charge is 2.20. The summed E-state index contributed by atoms with van der Waals surface area (Å²) in [5.41, 5.74) is 1.73. The third kappa shape index (κ3) is 7.79. The van der Waals surface area contributed by atoms with E-state index < -0.39 is 6.10 Å². The van der Waals surface area contributed by atoms with Crippen LogP contribution in [-0.2, 0) is 11.2 Å². The predicted molar refractivity (Wildman–Crippen MR) is 120 cm³/mol. The van der Waals surface area contributed by atoms with Crippen LogP contribution < -0.4 is 4.74 Å². The molecule has 6 nitrogen and oxygen atoms in total. The van der Waals surface area contributed by atoms with E-state index >= 15 is 0 Å². The van der Waals surface area contributed by atoms with Crippen molar-refractivity contribution < 1.29 is 30.0 Å². The number of rotatable bonds is 12. The molecule has 0 aliphatic rings. The minimum atomic E-state index is -0.774. The standard InChI is InChI=1S/C25H34O6/c1-16(2)4-7-18(19-8-11-23(29)25(14-19)31-3)13-21(27)15-20(26)9-5-17-6-10-22(28)24(30)12-17/h6,8,10-12,14,16,18,20,26,28-30H,4-5,7,9,13,15H2,1-3H3/t18-,20-/m1/s1. The molecule has 0 radical (unpaired) electrons. The van der Waals surface area contributed by atoms with E-state index in [4.69, 9.17) is 4.74 Å². The predicted octanol–water partition coefficient (Wildman–Crippen LogP) is 4.67. The molecular formula is C25H34O6. The Morgan fingerprint density at radius 2 is 1.61 bits per heavy atom. The molecule has 0 bridgehead atoms. The van der Waals surface area contributed by atoms with Crippen molar-refractivity contribution in [2.45, 2.75) is 64.4 Å². The Morgan fingerprint density at radius 1 is 0.903 bits per heavy atom. The summed E-state index contributed by atoms with van der Waals surface area (Å²) < 4.78 is 5.21. The van der Waals surface area contributed by atoms with Crippen LogP contribution in [-0.4, -0.2) is 39.4 Å². The highest BCUT2D eigenvalue weighted by molar-refractivity contribution is 5.79. The number of methoxy groups -OCH3 is 1.